The second kappa shape index (κ2) is 6.62. The summed E-state index contributed by atoms with van der Waals surface area (Å²) in [5.74, 6) is -3.38. The molecule has 0 aliphatic heterocycles. The van der Waals surface area contributed by atoms with E-state index in [1.165, 1.54) is 0 Å². The third kappa shape index (κ3) is 3.33. The van der Waals surface area contributed by atoms with Crippen molar-refractivity contribution in [3.05, 3.63) is 69.6 Å². The van der Waals surface area contributed by atoms with Crippen molar-refractivity contribution in [3.63, 3.8) is 0 Å². The van der Waals surface area contributed by atoms with Crippen LogP contribution in [0.5, 0.6) is 0 Å². The molecule has 0 spiro atoms. The topological polar surface area (TPSA) is 72.2 Å². The molecule has 2 aromatic heterocycles. The zero-order chi connectivity index (χ0) is 20.9. The average molecular weight is 426 g/mol. The van der Waals surface area contributed by atoms with E-state index in [1.807, 2.05) is 0 Å². The minimum Gasteiger partial charge on any atom is -0.421 e. The molecule has 4 aromatic rings. The Morgan fingerprint density at radius 3 is 2.45 bits per heavy atom. The highest BCUT2D eigenvalue weighted by atomic mass is 32.1. The SMILES string of the molecule is O=C(Nc1nc2c(=O)oc3ccc(C(F)(F)F)cc3c2s1)c1c(F)cccc1F. The lowest BCUT2D eigenvalue weighted by molar-refractivity contribution is -0.137. The molecule has 0 saturated carbocycles. The number of rotatable bonds is 2. The smallest absolute Gasteiger partial charge is 0.416 e. The lowest BCUT2D eigenvalue weighted by Gasteiger charge is -2.07. The fourth-order valence-corrected chi connectivity index (χ4v) is 3.66. The number of amides is 1. The largest absolute Gasteiger partial charge is 0.421 e. The van der Waals surface area contributed by atoms with Crippen LogP contribution >= 0.6 is 11.3 Å². The van der Waals surface area contributed by atoms with E-state index in [-0.39, 0.29) is 26.3 Å². The van der Waals surface area contributed by atoms with E-state index >= 15 is 0 Å². The first-order valence-electron chi connectivity index (χ1n) is 7.85. The van der Waals surface area contributed by atoms with Gasteiger partial charge in [-0.2, -0.15) is 13.2 Å². The summed E-state index contributed by atoms with van der Waals surface area (Å²) in [4.78, 5) is 28.1. The standard InChI is InChI=1S/C18H7F5N2O3S/c19-9-2-1-3-10(20)12(9)15(26)25-17-24-13-14(29-17)8-6-7(18(21,22)23)4-5-11(8)28-16(13)27/h1-6H,(H,24,25,26). The zero-order valence-electron chi connectivity index (χ0n) is 13.9. The van der Waals surface area contributed by atoms with Crippen molar-refractivity contribution >= 4 is 43.6 Å². The maximum absolute atomic E-state index is 13.7. The van der Waals surface area contributed by atoms with Crippen LogP contribution in [0.4, 0.5) is 27.1 Å². The Bertz CT molecular complexity index is 1320. The summed E-state index contributed by atoms with van der Waals surface area (Å²) in [6.07, 6.45) is -4.62. The van der Waals surface area contributed by atoms with Gasteiger partial charge < -0.3 is 4.42 Å². The molecule has 2 heterocycles. The number of aromatic nitrogens is 1. The highest BCUT2D eigenvalue weighted by Crippen LogP contribution is 2.36. The molecule has 1 amide bonds. The van der Waals surface area contributed by atoms with E-state index in [4.69, 9.17) is 4.42 Å². The van der Waals surface area contributed by atoms with Gasteiger partial charge in [-0.15, -0.1) is 0 Å². The first kappa shape index (κ1) is 19.0. The average Bonchev–Trinajstić information content (AvgIpc) is 3.05. The second-order valence-corrected chi connectivity index (χ2v) is 6.84. The van der Waals surface area contributed by atoms with E-state index in [2.05, 4.69) is 10.3 Å². The first-order chi connectivity index (χ1) is 13.6. The Balaban J connectivity index is 1.83. The van der Waals surface area contributed by atoms with E-state index in [0.717, 1.165) is 36.4 Å². The molecule has 0 unspecified atom stereocenters. The number of fused-ring (bicyclic) bond motifs is 3. The normalized spacial score (nSPS) is 11.9. The van der Waals surface area contributed by atoms with Gasteiger partial charge in [0.2, 0.25) is 0 Å². The van der Waals surface area contributed by atoms with Crippen molar-refractivity contribution in [2.24, 2.45) is 0 Å². The second-order valence-electron chi connectivity index (χ2n) is 5.85. The lowest BCUT2D eigenvalue weighted by atomic mass is 10.1. The molecule has 0 radical (unpaired) electrons. The van der Waals surface area contributed by atoms with Gasteiger partial charge in [-0.1, -0.05) is 17.4 Å². The number of nitrogens with zero attached hydrogens (tertiary/aromatic N) is 1. The highest BCUT2D eigenvalue weighted by Gasteiger charge is 2.31. The van der Waals surface area contributed by atoms with Crippen LogP contribution in [0.2, 0.25) is 0 Å². The fourth-order valence-electron chi connectivity index (χ4n) is 2.69. The van der Waals surface area contributed by atoms with Crippen LogP contribution in [0.25, 0.3) is 21.2 Å². The summed E-state index contributed by atoms with van der Waals surface area (Å²) in [5.41, 5.74) is -3.17. The molecule has 4 rings (SSSR count). The molecule has 0 aliphatic carbocycles. The maximum Gasteiger partial charge on any atom is 0.416 e. The van der Waals surface area contributed by atoms with Crippen LogP contribution in [0.15, 0.2) is 45.6 Å². The Labute approximate surface area is 161 Å². The first-order valence-corrected chi connectivity index (χ1v) is 8.67. The molecular weight excluding hydrogens is 419 g/mol. The minimum atomic E-state index is -4.62. The molecule has 0 aliphatic rings. The quantitative estimate of drug-likeness (QED) is 0.364. The number of benzene rings is 2. The Morgan fingerprint density at radius 1 is 1.10 bits per heavy atom. The highest BCUT2D eigenvalue weighted by molar-refractivity contribution is 7.23. The van der Waals surface area contributed by atoms with Crippen molar-refractivity contribution in [2.75, 3.05) is 5.32 Å². The number of thiazole rings is 1. The molecule has 1 N–H and O–H groups in total. The van der Waals surface area contributed by atoms with Gasteiger partial charge in [-0.25, -0.2) is 18.6 Å². The molecule has 148 valence electrons. The van der Waals surface area contributed by atoms with Crippen molar-refractivity contribution in [1.82, 2.24) is 4.98 Å². The fraction of sp³-hybridized carbons (Fsp3) is 0.0556. The van der Waals surface area contributed by atoms with Crippen LogP contribution in [-0.2, 0) is 6.18 Å². The van der Waals surface area contributed by atoms with Crippen molar-refractivity contribution in [1.29, 1.82) is 0 Å². The molecule has 0 bridgehead atoms. The van der Waals surface area contributed by atoms with Crippen LogP contribution in [-0.4, -0.2) is 10.9 Å². The van der Waals surface area contributed by atoms with E-state index in [0.29, 0.717) is 11.3 Å². The molecule has 0 fully saturated rings. The number of carbonyl (C=O) groups is 1. The summed E-state index contributed by atoms with van der Waals surface area (Å²) in [6.45, 7) is 0. The van der Waals surface area contributed by atoms with Crippen LogP contribution in [0, 0.1) is 11.6 Å². The van der Waals surface area contributed by atoms with Crippen LogP contribution in [0.3, 0.4) is 0 Å². The number of alkyl halides is 3. The summed E-state index contributed by atoms with van der Waals surface area (Å²) >= 11 is 0.680. The maximum atomic E-state index is 13.7. The van der Waals surface area contributed by atoms with Gasteiger partial charge in [0.1, 0.15) is 22.8 Å². The summed E-state index contributed by atoms with van der Waals surface area (Å²) in [6, 6.07) is 5.41. The van der Waals surface area contributed by atoms with Gasteiger partial charge in [0, 0.05) is 5.39 Å². The van der Waals surface area contributed by atoms with Crippen LogP contribution in [0.1, 0.15) is 15.9 Å². The van der Waals surface area contributed by atoms with E-state index in [9.17, 15) is 31.5 Å². The third-order valence-corrected chi connectivity index (χ3v) is 4.99. The number of anilines is 1. The Kier molecular flexibility index (Phi) is 4.34. The molecular formula is C18H7F5N2O3S. The Hall–Kier alpha value is -3.34. The third-order valence-electron chi connectivity index (χ3n) is 3.98. The number of halogens is 5. The van der Waals surface area contributed by atoms with E-state index < -0.39 is 40.5 Å². The van der Waals surface area contributed by atoms with Crippen molar-refractivity contribution in [2.45, 2.75) is 6.18 Å². The van der Waals surface area contributed by atoms with Gasteiger partial charge in [-0.05, 0) is 30.3 Å². The number of carbonyl (C=O) groups excluding carboxylic acids is 1. The molecule has 11 heteroatoms. The molecule has 5 nitrogen and oxygen atoms in total. The Morgan fingerprint density at radius 2 is 1.79 bits per heavy atom. The van der Waals surface area contributed by atoms with Gasteiger partial charge >= 0.3 is 11.8 Å². The summed E-state index contributed by atoms with van der Waals surface area (Å²) in [7, 11) is 0. The number of hydrogen-bond acceptors (Lipinski definition) is 5. The monoisotopic (exact) mass is 426 g/mol. The van der Waals surface area contributed by atoms with Crippen LogP contribution < -0.4 is 10.9 Å². The number of nitrogens with one attached hydrogen (secondary N) is 1. The van der Waals surface area contributed by atoms with Gasteiger partial charge in [0.15, 0.2) is 10.6 Å². The summed E-state index contributed by atoms with van der Waals surface area (Å²) in [5, 5.41) is 1.88. The predicted octanol–water partition coefficient (Wildman–Crippen LogP) is 4.95. The van der Waals surface area contributed by atoms with Gasteiger partial charge in [0.25, 0.3) is 5.91 Å². The molecule has 2 aromatic carbocycles. The number of hydrogen-bond donors (Lipinski definition) is 1. The van der Waals surface area contributed by atoms with Crippen molar-refractivity contribution < 1.29 is 31.2 Å². The predicted molar refractivity (Wildman–Crippen MR) is 95.0 cm³/mol. The zero-order valence-corrected chi connectivity index (χ0v) is 14.8. The van der Waals surface area contributed by atoms with Gasteiger partial charge in [-0.3, -0.25) is 10.1 Å². The van der Waals surface area contributed by atoms with E-state index in [1.54, 1.807) is 0 Å². The summed E-state index contributed by atoms with van der Waals surface area (Å²) < 4.78 is 71.5. The van der Waals surface area contributed by atoms with Gasteiger partial charge in [0.05, 0.1) is 10.3 Å². The van der Waals surface area contributed by atoms with Crippen molar-refractivity contribution in [3.8, 4) is 0 Å². The minimum absolute atomic E-state index is 0.0339. The molecule has 0 saturated heterocycles. The molecule has 29 heavy (non-hydrogen) atoms. The lowest BCUT2D eigenvalue weighted by Crippen LogP contribution is -2.15. The molecule has 0 atom stereocenters.